The van der Waals surface area contributed by atoms with E-state index < -0.39 is 22.0 Å². The molecule has 1 heterocycles. The molecule has 8 nitrogen and oxygen atoms in total. The van der Waals surface area contributed by atoms with E-state index in [9.17, 15) is 13.2 Å². The molecule has 31 heavy (non-hydrogen) atoms. The second kappa shape index (κ2) is 9.73. The number of amides is 1. The number of aromatic nitrogens is 2. The van der Waals surface area contributed by atoms with Gasteiger partial charge in [0.2, 0.25) is 9.47 Å². The lowest BCUT2D eigenvalue weighted by Crippen LogP contribution is -2.36. The fraction of sp³-hybridized carbons (Fsp3) is 0.250. The van der Waals surface area contributed by atoms with E-state index in [1.807, 2.05) is 32.0 Å². The maximum absolute atomic E-state index is 12.6. The van der Waals surface area contributed by atoms with Crippen LogP contribution < -0.4 is 14.8 Å². The van der Waals surface area contributed by atoms with Gasteiger partial charge in [-0.25, -0.2) is 13.1 Å². The summed E-state index contributed by atoms with van der Waals surface area (Å²) in [6.45, 7) is 5.80. The number of carbonyl (C=O) groups is 1. The summed E-state index contributed by atoms with van der Waals surface area (Å²) in [6.07, 6.45) is 0. The van der Waals surface area contributed by atoms with Crippen LogP contribution in [-0.2, 0) is 10.0 Å². The Morgan fingerprint density at radius 1 is 1.16 bits per heavy atom. The first-order valence-corrected chi connectivity index (χ1v) is 12.0. The minimum atomic E-state index is -3.93. The predicted molar refractivity (Wildman–Crippen MR) is 121 cm³/mol. The molecule has 0 saturated heterocycles. The molecule has 0 fully saturated rings. The van der Waals surface area contributed by atoms with Gasteiger partial charge in [0.15, 0.2) is 0 Å². The molecule has 1 amide bonds. The van der Waals surface area contributed by atoms with Crippen molar-refractivity contribution >= 4 is 44.0 Å². The first-order valence-electron chi connectivity index (χ1n) is 9.27. The first kappa shape index (κ1) is 23.1. The number of carbonyl (C=O) groups excluding carboxylic acids is 1. The third kappa shape index (κ3) is 6.01. The van der Waals surface area contributed by atoms with Crippen molar-refractivity contribution in [3.8, 4) is 5.75 Å². The Balaban J connectivity index is 1.60. The van der Waals surface area contributed by atoms with Crippen molar-refractivity contribution in [2.75, 3.05) is 11.9 Å². The fourth-order valence-corrected chi connectivity index (χ4v) is 4.91. The Bertz CT molecular complexity index is 1200. The van der Waals surface area contributed by atoms with Crippen LogP contribution in [0.1, 0.15) is 28.4 Å². The Hall–Kier alpha value is -2.53. The maximum Gasteiger partial charge on any atom is 0.270 e. The van der Waals surface area contributed by atoms with E-state index in [0.29, 0.717) is 5.75 Å². The van der Waals surface area contributed by atoms with E-state index >= 15 is 0 Å². The SMILES string of the molecule is Cc1ccc(OC[C@@H](C)NS(=O)(=O)c2nnc(NC(=O)c3ccccc3Cl)s2)cc1C. The zero-order valence-corrected chi connectivity index (χ0v) is 19.4. The summed E-state index contributed by atoms with van der Waals surface area (Å²) in [6, 6.07) is 11.7. The highest BCUT2D eigenvalue weighted by atomic mass is 35.5. The standard InChI is InChI=1S/C20H21ClN4O4S2/c1-12-8-9-15(10-13(12)2)29-11-14(3)25-31(27,28)20-24-23-19(30-20)22-18(26)16-6-4-5-7-17(16)21/h4-10,14,25H,11H2,1-3H3,(H,22,23,26)/t14-/m1/s1. The van der Waals surface area contributed by atoms with Gasteiger partial charge in [-0.2, -0.15) is 0 Å². The molecule has 0 aliphatic rings. The van der Waals surface area contributed by atoms with Gasteiger partial charge in [-0.1, -0.05) is 41.1 Å². The maximum atomic E-state index is 12.6. The van der Waals surface area contributed by atoms with Crippen molar-refractivity contribution in [2.45, 2.75) is 31.2 Å². The zero-order valence-electron chi connectivity index (χ0n) is 17.0. The monoisotopic (exact) mass is 480 g/mol. The van der Waals surface area contributed by atoms with Gasteiger partial charge in [0, 0.05) is 0 Å². The molecule has 164 valence electrons. The molecule has 0 spiro atoms. The number of anilines is 1. The molecule has 11 heteroatoms. The van der Waals surface area contributed by atoms with Gasteiger partial charge >= 0.3 is 0 Å². The molecule has 0 unspecified atom stereocenters. The van der Waals surface area contributed by atoms with Crippen LogP contribution >= 0.6 is 22.9 Å². The lowest BCUT2D eigenvalue weighted by molar-refractivity contribution is 0.102. The summed E-state index contributed by atoms with van der Waals surface area (Å²) in [5.41, 5.74) is 2.49. The minimum absolute atomic E-state index is 0.0457. The average molecular weight is 481 g/mol. The van der Waals surface area contributed by atoms with Crippen molar-refractivity contribution in [2.24, 2.45) is 0 Å². The van der Waals surface area contributed by atoms with Crippen LogP contribution in [-0.4, -0.2) is 37.2 Å². The molecule has 1 atom stereocenters. The molecule has 0 aliphatic carbocycles. The molecule has 3 rings (SSSR count). The lowest BCUT2D eigenvalue weighted by atomic mass is 10.1. The Morgan fingerprint density at radius 3 is 2.61 bits per heavy atom. The summed E-state index contributed by atoms with van der Waals surface area (Å²) < 4.78 is 33.1. The van der Waals surface area contributed by atoms with E-state index in [2.05, 4.69) is 20.2 Å². The van der Waals surface area contributed by atoms with Crippen LogP contribution in [0.5, 0.6) is 5.75 Å². The zero-order chi connectivity index (χ0) is 22.6. The number of halogens is 1. The molecule has 2 aromatic carbocycles. The van der Waals surface area contributed by atoms with Crippen LogP contribution in [0.2, 0.25) is 5.02 Å². The molecule has 0 aliphatic heterocycles. The highest BCUT2D eigenvalue weighted by Gasteiger charge is 2.24. The number of hydrogen-bond acceptors (Lipinski definition) is 7. The number of nitrogens with zero attached hydrogens (tertiary/aromatic N) is 2. The summed E-state index contributed by atoms with van der Waals surface area (Å²) >= 11 is 6.74. The largest absolute Gasteiger partial charge is 0.492 e. The van der Waals surface area contributed by atoms with E-state index in [0.717, 1.165) is 22.5 Å². The van der Waals surface area contributed by atoms with Crippen LogP contribution in [0, 0.1) is 13.8 Å². The van der Waals surface area contributed by atoms with Gasteiger partial charge in [0.05, 0.1) is 16.6 Å². The third-order valence-electron chi connectivity index (χ3n) is 4.31. The Morgan fingerprint density at radius 2 is 1.90 bits per heavy atom. The number of sulfonamides is 1. The normalized spacial score (nSPS) is 12.4. The number of benzene rings is 2. The third-order valence-corrected chi connectivity index (χ3v) is 7.44. The van der Waals surface area contributed by atoms with Crippen molar-refractivity contribution in [1.82, 2.24) is 14.9 Å². The van der Waals surface area contributed by atoms with Gasteiger partial charge in [-0.15, -0.1) is 10.2 Å². The molecular weight excluding hydrogens is 460 g/mol. The number of aryl methyl sites for hydroxylation is 2. The summed E-state index contributed by atoms with van der Waals surface area (Å²) in [5, 5.41) is 10.2. The highest BCUT2D eigenvalue weighted by Crippen LogP contribution is 2.22. The molecule has 0 bridgehead atoms. The van der Waals surface area contributed by atoms with E-state index in [4.69, 9.17) is 16.3 Å². The number of nitrogens with one attached hydrogen (secondary N) is 2. The first-order chi connectivity index (χ1) is 14.7. The van der Waals surface area contributed by atoms with Gasteiger partial charge in [-0.3, -0.25) is 10.1 Å². The molecule has 1 aromatic heterocycles. The molecule has 0 radical (unpaired) electrons. The Labute approximate surface area is 189 Å². The van der Waals surface area contributed by atoms with Gasteiger partial charge < -0.3 is 4.74 Å². The van der Waals surface area contributed by atoms with Gasteiger partial charge in [0.25, 0.3) is 15.9 Å². The summed E-state index contributed by atoms with van der Waals surface area (Å²) in [5.74, 6) is 0.156. The van der Waals surface area contributed by atoms with Crippen LogP contribution in [0.3, 0.4) is 0 Å². The second-order valence-corrected chi connectivity index (χ2v) is 10.2. The van der Waals surface area contributed by atoms with Crippen molar-refractivity contribution in [3.63, 3.8) is 0 Å². The fourth-order valence-electron chi connectivity index (χ4n) is 2.55. The van der Waals surface area contributed by atoms with Crippen molar-refractivity contribution < 1.29 is 17.9 Å². The molecular formula is C20H21ClN4O4S2. The summed E-state index contributed by atoms with van der Waals surface area (Å²) in [4.78, 5) is 12.3. The number of rotatable bonds is 8. The van der Waals surface area contributed by atoms with Crippen LogP contribution in [0.15, 0.2) is 46.8 Å². The second-order valence-electron chi connectivity index (χ2n) is 6.89. The molecule has 3 aromatic rings. The van der Waals surface area contributed by atoms with E-state index in [1.54, 1.807) is 31.2 Å². The smallest absolute Gasteiger partial charge is 0.270 e. The highest BCUT2D eigenvalue weighted by molar-refractivity contribution is 7.91. The van der Waals surface area contributed by atoms with Crippen LogP contribution in [0.4, 0.5) is 5.13 Å². The predicted octanol–water partition coefficient (Wildman–Crippen LogP) is 3.81. The molecule has 2 N–H and O–H groups in total. The van der Waals surface area contributed by atoms with Crippen LogP contribution in [0.25, 0.3) is 0 Å². The lowest BCUT2D eigenvalue weighted by Gasteiger charge is -2.14. The van der Waals surface area contributed by atoms with E-state index in [1.165, 1.54) is 0 Å². The van der Waals surface area contributed by atoms with Crippen molar-refractivity contribution in [1.29, 1.82) is 0 Å². The average Bonchev–Trinajstić information content (AvgIpc) is 3.18. The number of hydrogen-bond donors (Lipinski definition) is 2. The summed E-state index contributed by atoms with van der Waals surface area (Å²) in [7, 11) is -3.93. The Kier molecular flexibility index (Phi) is 7.26. The topological polar surface area (TPSA) is 110 Å². The van der Waals surface area contributed by atoms with E-state index in [-0.39, 0.29) is 26.7 Å². The minimum Gasteiger partial charge on any atom is -0.492 e. The molecule has 0 saturated carbocycles. The van der Waals surface area contributed by atoms with Crippen molar-refractivity contribution in [3.05, 3.63) is 64.2 Å². The van der Waals surface area contributed by atoms with Gasteiger partial charge in [-0.05, 0) is 56.2 Å². The quantitative estimate of drug-likeness (QED) is 0.474. The van der Waals surface area contributed by atoms with Gasteiger partial charge in [0.1, 0.15) is 12.4 Å². The number of ether oxygens (including phenoxy) is 1.